The minimum atomic E-state index is -1.15. The van der Waals surface area contributed by atoms with Gasteiger partial charge in [0.15, 0.2) is 18.4 Å². The zero-order valence-electron chi connectivity index (χ0n) is 14.2. The highest BCUT2D eigenvalue weighted by Crippen LogP contribution is 2.33. The summed E-state index contributed by atoms with van der Waals surface area (Å²) in [6.45, 7) is 3.25. The van der Waals surface area contributed by atoms with Crippen LogP contribution in [0.2, 0.25) is 5.15 Å². The summed E-state index contributed by atoms with van der Waals surface area (Å²) in [5, 5.41) is -0.0266. The molecule has 0 saturated carbocycles. The molecule has 1 aliphatic heterocycles. The van der Waals surface area contributed by atoms with Gasteiger partial charge < -0.3 is 18.9 Å². The van der Waals surface area contributed by atoms with E-state index in [0.717, 1.165) is 18.4 Å². The number of halogens is 1. The Bertz CT molecular complexity index is 764. The predicted octanol–water partition coefficient (Wildman–Crippen LogP) is 0.221. The monoisotopic (exact) mass is 388 g/mol. The highest BCUT2D eigenvalue weighted by atomic mass is 35.5. The summed E-state index contributed by atoms with van der Waals surface area (Å²) in [4.78, 5) is 49.7. The fraction of sp³-hybridized carbons (Fsp3) is 0.533. The molecular weight excluding hydrogens is 372 g/mol. The molecule has 1 saturated heterocycles. The van der Waals surface area contributed by atoms with Crippen LogP contribution in [0.5, 0.6) is 0 Å². The van der Waals surface area contributed by atoms with Crippen LogP contribution in [-0.4, -0.2) is 52.4 Å². The van der Waals surface area contributed by atoms with Crippen molar-refractivity contribution < 1.29 is 33.3 Å². The average molecular weight is 389 g/mol. The highest BCUT2D eigenvalue weighted by Gasteiger charge is 2.50. The molecule has 26 heavy (non-hydrogen) atoms. The van der Waals surface area contributed by atoms with Crippen LogP contribution in [0, 0.1) is 0 Å². The van der Waals surface area contributed by atoms with Gasteiger partial charge in [-0.25, -0.2) is 4.79 Å². The van der Waals surface area contributed by atoms with Gasteiger partial charge in [0.25, 0.3) is 0 Å². The Morgan fingerprint density at radius 2 is 1.77 bits per heavy atom. The van der Waals surface area contributed by atoms with E-state index in [4.69, 9.17) is 30.5 Å². The highest BCUT2D eigenvalue weighted by molar-refractivity contribution is 6.29. The topological polar surface area (TPSA) is 123 Å². The lowest BCUT2D eigenvalue weighted by molar-refractivity contribution is -0.166. The van der Waals surface area contributed by atoms with Crippen molar-refractivity contribution in [2.45, 2.75) is 45.3 Å². The molecule has 1 fully saturated rings. The molecule has 10 nitrogen and oxygen atoms in total. The summed E-state index contributed by atoms with van der Waals surface area (Å²) in [6, 6.07) is 1.34. The molecule has 142 valence electrons. The largest absolute Gasteiger partial charge is 0.463 e. The van der Waals surface area contributed by atoms with Crippen LogP contribution in [0.25, 0.3) is 0 Å². The van der Waals surface area contributed by atoms with Crippen LogP contribution in [0.3, 0.4) is 0 Å². The zero-order valence-corrected chi connectivity index (χ0v) is 15.0. The van der Waals surface area contributed by atoms with Crippen LogP contribution in [0.4, 0.5) is 0 Å². The maximum atomic E-state index is 12.1. The van der Waals surface area contributed by atoms with E-state index in [1.165, 1.54) is 19.2 Å². The van der Waals surface area contributed by atoms with E-state index in [9.17, 15) is 19.2 Å². The molecule has 0 spiro atoms. The number of hydrogen-bond donors (Lipinski definition) is 0. The van der Waals surface area contributed by atoms with Crippen molar-refractivity contribution in [2.75, 3.05) is 6.61 Å². The summed E-state index contributed by atoms with van der Waals surface area (Å²) in [5.41, 5.74) is -0.755. The predicted molar refractivity (Wildman–Crippen MR) is 85.2 cm³/mol. The molecule has 0 aliphatic carbocycles. The third-order valence-corrected chi connectivity index (χ3v) is 3.62. The van der Waals surface area contributed by atoms with Gasteiger partial charge in [-0.05, 0) is 6.07 Å². The average Bonchev–Trinajstić information content (AvgIpc) is 2.82. The standard InChI is InChI=1S/C15H17ClN2O8/c1-7(19)23-6-10-12(24-8(2)20)13(25-9(3)21)14(26-10)18-5-4-11(16)17-15(18)22/h4-5,10,12-14H,6H2,1-3H3/t10-,12-,13+,14-/m1/s1. The van der Waals surface area contributed by atoms with Gasteiger partial charge in [0.1, 0.15) is 17.9 Å². The van der Waals surface area contributed by atoms with E-state index in [2.05, 4.69) is 4.98 Å². The molecule has 0 radical (unpaired) electrons. The van der Waals surface area contributed by atoms with Crippen molar-refractivity contribution in [2.24, 2.45) is 0 Å². The quantitative estimate of drug-likeness (QED) is 0.395. The summed E-state index contributed by atoms with van der Waals surface area (Å²) < 4.78 is 22.0. The fourth-order valence-corrected chi connectivity index (χ4v) is 2.63. The minimum absolute atomic E-state index is 0.0266. The number of aromatic nitrogens is 2. The second-order valence-corrected chi connectivity index (χ2v) is 5.84. The maximum Gasteiger partial charge on any atom is 0.351 e. The van der Waals surface area contributed by atoms with Gasteiger partial charge in [0.2, 0.25) is 0 Å². The number of hydrogen-bond acceptors (Lipinski definition) is 9. The Morgan fingerprint density at radius 1 is 1.15 bits per heavy atom. The van der Waals surface area contributed by atoms with E-state index in [1.807, 2.05) is 0 Å². The molecule has 11 heteroatoms. The molecule has 1 aromatic rings. The second kappa shape index (κ2) is 8.28. The van der Waals surface area contributed by atoms with E-state index in [-0.39, 0.29) is 11.8 Å². The lowest BCUT2D eigenvalue weighted by atomic mass is 10.1. The summed E-state index contributed by atoms with van der Waals surface area (Å²) >= 11 is 5.68. The Morgan fingerprint density at radius 3 is 2.31 bits per heavy atom. The van der Waals surface area contributed by atoms with Gasteiger partial charge in [-0.3, -0.25) is 19.0 Å². The Hall–Kier alpha value is -2.46. The Balaban J connectivity index is 2.40. The van der Waals surface area contributed by atoms with Gasteiger partial charge in [-0.1, -0.05) is 11.6 Å². The lowest BCUT2D eigenvalue weighted by Crippen LogP contribution is -2.41. The van der Waals surface area contributed by atoms with Gasteiger partial charge in [-0.2, -0.15) is 4.98 Å². The molecule has 0 bridgehead atoms. The lowest BCUT2D eigenvalue weighted by Gasteiger charge is -2.23. The summed E-state index contributed by atoms with van der Waals surface area (Å²) in [6.07, 6.45) is -3.06. The SMILES string of the molecule is CC(=O)OC[C@H]1O[C@@H](n2ccc(Cl)nc2=O)[C@@H](OC(C)=O)[C@@H]1OC(C)=O. The smallest absolute Gasteiger partial charge is 0.351 e. The number of ether oxygens (including phenoxy) is 4. The first-order valence-electron chi connectivity index (χ1n) is 7.57. The first-order valence-corrected chi connectivity index (χ1v) is 7.94. The third-order valence-electron chi connectivity index (χ3n) is 3.41. The molecule has 2 rings (SSSR count). The minimum Gasteiger partial charge on any atom is -0.463 e. The van der Waals surface area contributed by atoms with Gasteiger partial charge in [0.05, 0.1) is 0 Å². The van der Waals surface area contributed by atoms with Gasteiger partial charge >= 0.3 is 23.6 Å². The Kier molecular flexibility index (Phi) is 6.32. The molecule has 0 unspecified atom stereocenters. The molecule has 1 aliphatic rings. The maximum absolute atomic E-state index is 12.1. The molecule has 0 amide bonds. The number of carbonyl (C=O) groups excluding carboxylic acids is 3. The van der Waals surface area contributed by atoms with Crippen molar-refractivity contribution in [1.82, 2.24) is 9.55 Å². The fourth-order valence-electron chi connectivity index (χ4n) is 2.50. The number of rotatable bonds is 5. The molecule has 1 aromatic heterocycles. The Labute approximate surface area is 152 Å². The first kappa shape index (κ1) is 19.9. The second-order valence-electron chi connectivity index (χ2n) is 5.46. The van der Waals surface area contributed by atoms with Gasteiger partial charge in [0, 0.05) is 27.0 Å². The van der Waals surface area contributed by atoms with E-state index >= 15 is 0 Å². The van der Waals surface area contributed by atoms with Crippen LogP contribution < -0.4 is 5.69 Å². The molecule has 4 atom stereocenters. The normalized spacial score (nSPS) is 24.8. The summed E-state index contributed by atoms with van der Waals surface area (Å²) in [7, 11) is 0. The van der Waals surface area contributed by atoms with E-state index in [0.29, 0.717) is 0 Å². The van der Waals surface area contributed by atoms with Crippen LogP contribution in [0.15, 0.2) is 17.1 Å². The van der Waals surface area contributed by atoms with Crippen molar-refractivity contribution in [1.29, 1.82) is 0 Å². The molecular formula is C15H17ClN2O8. The summed E-state index contributed by atoms with van der Waals surface area (Å²) in [5.74, 6) is -1.91. The molecule has 0 aromatic carbocycles. The van der Waals surface area contributed by atoms with Crippen LogP contribution in [0.1, 0.15) is 27.0 Å². The number of nitrogens with zero attached hydrogens (tertiary/aromatic N) is 2. The zero-order chi connectivity index (χ0) is 19.4. The van der Waals surface area contributed by atoms with Crippen molar-refractivity contribution in [3.05, 3.63) is 27.9 Å². The van der Waals surface area contributed by atoms with Crippen molar-refractivity contribution >= 4 is 29.5 Å². The van der Waals surface area contributed by atoms with Crippen LogP contribution >= 0.6 is 11.6 Å². The van der Waals surface area contributed by atoms with Crippen molar-refractivity contribution in [3.63, 3.8) is 0 Å². The number of esters is 3. The number of carbonyl (C=O) groups is 3. The van der Waals surface area contributed by atoms with E-state index < -0.39 is 48.1 Å². The van der Waals surface area contributed by atoms with Crippen molar-refractivity contribution in [3.8, 4) is 0 Å². The molecule has 0 N–H and O–H groups in total. The first-order chi connectivity index (χ1) is 12.2. The van der Waals surface area contributed by atoms with Gasteiger partial charge in [-0.15, -0.1) is 0 Å². The molecule has 2 heterocycles. The van der Waals surface area contributed by atoms with Crippen LogP contribution in [-0.2, 0) is 33.3 Å². The van der Waals surface area contributed by atoms with E-state index in [1.54, 1.807) is 0 Å². The third kappa shape index (κ3) is 4.79.